The monoisotopic (exact) mass is 338 g/mol. The zero-order chi connectivity index (χ0) is 15.8. The zero-order valence-electron chi connectivity index (χ0n) is 10.7. The minimum absolute atomic E-state index is 0.0528. The van der Waals surface area contributed by atoms with Crippen LogP contribution < -0.4 is 10.2 Å². The fourth-order valence-electron chi connectivity index (χ4n) is 2.01. The summed E-state index contributed by atoms with van der Waals surface area (Å²) < 4.78 is 37.9. The molecule has 0 bridgehead atoms. The average Bonchev–Trinajstić information content (AvgIpc) is 2.73. The summed E-state index contributed by atoms with van der Waals surface area (Å²) in [7, 11) is 1.36. The SMILES string of the molecule is CN(C(=O)C1CC(NC#N)C1)c1nc(Cl)c(C(F)(F)F)s1. The van der Waals surface area contributed by atoms with Gasteiger partial charge in [0.05, 0.1) is 0 Å². The molecule has 1 saturated carbocycles. The Morgan fingerprint density at radius 1 is 1.57 bits per heavy atom. The Kier molecular flexibility index (Phi) is 4.30. The van der Waals surface area contributed by atoms with E-state index in [9.17, 15) is 18.0 Å². The predicted molar refractivity (Wildman–Crippen MR) is 70.8 cm³/mol. The van der Waals surface area contributed by atoms with Crippen LogP contribution in [-0.2, 0) is 11.0 Å². The van der Waals surface area contributed by atoms with E-state index in [1.165, 1.54) is 7.05 Å². The Balaban J connectivity index is 2.06. The van der Waals surface area contributed by atoms with Crippen LogP contribution in [0.2, 0.25) is 5.15 Å². The molecule has 0 spiro atoms. The van der Waals surface area contributed by atoms with Gasteiger partial charge in [-0.15, -0.1) is 0 Å². The van der Waals surface area contributed by atoms with Crippen LogP contribution in [0, 0.1) is 17.4 Å². The molecule has 2 rings (SSSR count). The maximum atomic E-state index is 12.6. The maximum absolute atomic E-state index is 12.6. The predicted octanol–water partition coefficient (Wildman–Crippen LogP) is 2.63. The van der Waals surface area contributed by atoms with Crippen LogP contribution in [0.15, 0.2) is 0 Å². The van der Waals surface area contributed by atoms with Crippen LogP contribution >= 0.6 is 22.9 Å². The van der Waals surface area contributed by atoms with E-state index in [1.54, 1.807) is 6.19 Å². The Labute approximate surface area is 127 Å². The number of carbonyl (C=O) groups excluding carboxylic acids is 1. The smallest absolute Gasteiger partial charge is 0.321 e. The van der Waals surface area contributed by atoms with Crippen LogP contribution in [0.25, 0.3) is 0 Å². The topological polar surface area (TPSA) is 69.0 Å². The number of nitrogens with one attached hydrogen (secondary N) is 1. The first-order valence-corrected chi connectivity index (χ1v) is 7.09. The summed E-state index contributed by atoms with van der Waals surface area (Å²) in [6.07, 6.45) is -1.85. The molecule has 1 aromatic rings. The maximum Gasteiger partial charge on any atom is 0.428 e. The van der Waals surface area contributed by atoms with Crippen LogP contribution in [0.4, 0.5) is 18.3 Å². The minimum Gasteiger partial charge on any atom is -0.321 e. The van der Waals surface area contributed by atoms with E-state index in [1.807, 2.05) is 0 Å². The third-order valence-corrected chi connectivity index (χ3v) is 4.77. The van der Waals surface area contributed by atoms with E-state index < -0.39 is 16.2 Å². The Hall–Kier alpha value is -1.53. The first-order valence-electron chi connectivity index (χ1n) is 5.89. The van der Waals surface area contributed by atoms with E-state index in [2.05, 4.69) is 10.3 Å². The van der Waals surface area contributed by atoms with Gasteiger partial charge >= 0.3 is 6.18 Å². The first-order chi connectivity index (χ1) is 9.74. The fraction of sp³-hybridized carbons (Fsp3) is 0.545. The van der Waals surface area contributed by atoms with Gasteiger partial charge in [0.15, 0.2) is 16.5 Å². The number of hydrogen-bond donors (Lipinski definition) is 1. The van der Waals surface area contributed by atoms with Crippen LogP contribution in [0.3, 0.4) is 0 Å². The summed E-state index contributed by atoms with van der Waals surface area (Å²) in [5.41, 5.74) is 0. The molecule has 1 aliphatic carbocycles. The molecule has 10 heteroatoms. The molecule has 21 heavy (non-hydrogen) atoms. The fourth-order valence-corrected chi connectivity index (χ4v) is 3.15. The minimum atomic E-state index is -4.59. The third-order valence-electron chi connectivity index (χ3n) is 3.21. The number of carbonyl (C=O) groups is 1. The van der Waals surface area contributed by atoms with Gasteiger partial charge in [-0.05, 0) is 12.8 Å². The van der Waals surface area contributed by atoms with Crippen molar-refractivity contribution < 1.29 is 18.0 Å². The van der Waals surface area contributed by atoms with Gasteiger partial charge in [0.25, 0.3) is 0 Å². The lowest BCUT2D eigenvalue weighted by atomic mass is 9.79. The van der Waals surface area contributed by atoms with E-state index in [0.717, 1.165) is 4.90 Å². The Morgan fingerprint density at radius 3 is 2.67 bits per heavy atom. The normalized spacial score (nSPS) is 21.3. The number of rotatable bonds is 3. The summed E-state index contributed by atoms with van der Waals surface area (Å²) >= 11 is 5.80. The van der Waals surface area contributed by atoms with Crippen molar-refractivity contribution in [3.63, 3.8) is 0 Å². The number of hydrogen-bond acceptors (Lipinski definition) is 5. The third kappa shape index (κ3) is 3.22. The number of aromatic nitrogens is 1. The lowest BCUT2D eigenvalue weighted by Gasteiger charge is -2.34. The molecule has 114 valence electrons. The van der Waals surface area contributed by atoms with Crippen LogP contribution in [0.1, 0.15) is 17.7 Å². The first kappa shape index (κ1) is 15.9. The Morgan fingerprint density at radius 2 is 2.19 bits per heavy atom. The van der Waals surface area contributed by atoms with Gasteiger partial charge in [0.1, 0.15) is 4.88 Å². The molecule has 1 heterocycles. The van der Waals surface area contributed by atoms with Crippen molar-refractivity contribution in [1.29, 1.82) is 5.26 Å². The molecule has 1 aromatic heterocycles. The van der Waals surface area contributed by atoms with Gasteiger partial charge in [-0.3, -0.25) is 9.69 Å². The van der Waals surface area contributed by atoms with Crippen molar-refractivity contribution in [3.8, 4) is 6.19 Å². The molecule has 1 fully saturated rings. The molecule has 5 nitrogen and oxygen atoms in total. The molecule has 1 N–H and O–H groups in total. The number of nitriles is 1. The number of amides is 1. The molecular formula is C11H10ClF3N4OS. The highest BCUT2D eigenvalue weighted by molar-refractivity contribution is 7.16. The van der Waals surface area contributed by atoms with Crippen molar-refractivity contribution in [2.75, 3.05) is 11.9 Å². The molecular weight excluding hydrogens is 329 g/mol. The quantitative estimate of drug-likeness (QED) is 0.679. The molecule has 1 aliphatic rings. The van der Waals surface area contributed by atoms with E-state index in [-0.39, 0.29) is 23.0 Å². The van der Waals surface area contributed by atoms with E-state index >= 15 is 0 Å². The molecule has 0 aromatic carbocycles. The molecule has 1 amide bonds. The number of alkyl halides is 3. The number of thiazole rings is 1. The molecule has 0 aliphatic heterocycles. The van der Waals surface area contributed by atoms with Gasteiger partial charge in [-0.2, -0.15) is 18.4 Å². The lowest BCUT2D eigenvalue weighted by Crippen LogP contribution is -2.46. The zero-order valence-corrected chi connectivity index (χ0v) is 12.3. The highest BCUT2D eigenvalue weighted by Gasteiger charge is 2.40. The summed E-state index contributed by atoms with van der Waals surface area (Å²) in [6, 6.07) is -0.0528. The largest absolute Gasteiger partial charge is 0.428 e. The van der Waals surface area contributed by atoms with Crippen molar-refractivity contribution >= 4 is 34.0 Å². The summed E-state index contributed by atoms with van der Waals surface area (Å²) in [5.74, 6) is -0.650. The highest BCUT2D eigenvalue weighted by atomic mass is 35.5. The van der Waals surface area contributed by atoms with Gasteiger partial charge in [-0.1, -0.05) is 22.9 Å². The van der Waals surface area contributed by atoms with Gasteiger partial charge < -0.3 is 5.32 Å². The highest BCUT2D eigenvalue weighted by Crippen LogP contribution is 2.42. The van der Waals surface area contributed by atoms with E-state index in [0.29, 0.717) is 24.2 Å². The average molecular weight is 339 g/mol. The van der Waals surface area contributed by atoms with Crippen molar-refractivity contribution in [1.82, 2.24) is 10.3 Å². The van der Waals surface area contributed by atoms with Crippen LogP contribution in [0.5, 0.6) is 0 Å². The number of nitrogens with zero attached hydrogens (tertiary/aromatic N) is 3. The molecule has 0 saturated heterocycles. The second-order valence-electron chi connectivity index (χ2n) is 4.63. The molecule has 0 atom stereocenters. The van der Waals surface area contributed by atoms with Gasteiger partial charge in [0, 0.05) is 19.0 Å². The summed E-state index contributed by atoms with van der Waals surface area (Å²) in [6.45, 7) is 0. The molecule has 0 radical (unpaired) electrons. The molecule has 0 unspecified atom stereocenters. The van der Waals surface area contributed by atoms with Crippen molar-refractivity contribution in [3.05, 3.63) is 10.0 Å². The number of anilines is 1. The van der Waals surface area contributed by atoms with Crippen molar-refractivity contribution in [2.24, 2.45) is 5.92 Å². The van der Waals surface area contributed by atoms with Crippen molar-refractivity contribution in [2.45, 2.75) is 25.1 Å². The summed E-state index contributed by atoms with van der Waals surface area (Å²) in [4.78, 5) is 15.8. The van der Waals surface area contributed by atoms with Gasteiger partial charge in [0.2, 0.25) is 5.91 Å². The second-order valence-corrected chi connectivity index (χ2v) is 5.97. The number of halogens is 4. The van der Waals surface area contributed by atoms with E-state index in [4.69, 9.17) is 16.9 Å². The lowest BCUT2D eigenvalue weighted by molar-refractivity contribution is -0.134. The standard InChI is InChI=1S/C11H10ClF3N4OS/c1-19(9(20)5-2-6(3-5)17-4-16)10-18-8(12)7(21-10)11(13,14)15/h5-6,17H,2-3H2,1H3. The van der Waals surface area contributed by atoms with Gasteiger partial charge in [-0.25, -0.2) is 4.98 Å². The summed E-state index contributed by atoms with van der Waals surface area (Å²) in [5, 5.41) is 10.2. The second kappa shape index (κ2) is 5.69. The van der Waals surface area contributed by atoms with Crippen LogP contribution in [-0.4, -0.2) is 24.0 Å². The Bertz CT molecular complexity index is 591.